The van der Waals surface area contributed by atoms with Gasteiger partial charge >= 0.3 is 0 Å². The SMILES string of the molecule is Cc1ccc([C@@H]2C=C(c3ccc(Cl)cc3)Nc3nc(NC(=O)c4ccccc4)nn32)cc1. The largest absolute Gasteiger partial charge is 0.324 e. The van der Waals surface area contributed by atoms with E-state index in [0.29, 0.717) is 16.5 Å². The van der Waals surface area contributed by atoms with Gasteiger partial charge in [-0.15, -0.1) is 5.10 Å². The number of rotatable bonds is 4. The van der Waals surface area contributed by atoms with Crippen molar-refractivity contribution in [1.29, 1.82) is 0 Å². The van der Waals surface area contributed by atoms with E-state index in [1.165, 1.54) is 5.56 Å². The summed E-state index contributed by atoms with van der Waals surface area (Å²) in [5.74, 6) is 0.530. The van der Waals surface area contributed by atoms with Crippen LogP contribution in [0.2, 0.25) is 5.02 Å². The zero-order valence-electron chi connectivity index (χ0n) is 17.3. The zero-order chi connectivity index (χ0) is 22.1. The molecule has 6 nitrogen and oxygen atoms in total. The number of benzene rings is 3. The highest BCUT2D eigenvalue weighted by molar-refractivity contribution is 6.30. The minimum absolute atomic E-state index is 0.188. The van der Waals surface area contributed by atoms with Gasteiger partial charge in [0.25, 0.3) is 11.9 Å². The number of allylic oxidation sites excluding steroid dienone is 1. The molecule has 1 aromatic heterocycles. The number of aryl methyl sites for hydroxylation is 1. The van der Waals surface area contributed by atoms with Crippen LogP contribution in [0.1, 0.15) is 33.1 Å². The van der Waals surface area contributed by atoms with Crippen molar-refractivity contribution >= 4 is 35.1 Å². The lowest BCUT2D eigenvalue weighted by molar-refractivity contribution is 0.102. The molecular formula is C25H20ClN5O. The summed E-state index contributed by atoms with van der Waals surface area (Å²) in [5.41, 5.74) is 4.67. The maximum Gasteiger partial charge on any atom is 0.258 e. The Bertz CT molecular complexity index is 1290. The molecule has 2 N–H and O–H groups in total. The Morgan fingerprint density at radius 3 is 2.44 bits per heavy atom. The third-order valence-electron chi connectivity index (χ3n) is 5.30. The van der Waals surface area contributed by atoms with Crippen LogP contribution in [0.4, 0.5) is 11.9 Å². The molecular weight excluding hydrogens is 422 g/mol. The third kappa shape index (κ3) is 4.00. The number of carbonyl (C=O) groups is 1. The van der Waals surface area contributed by atoms with E-state index in [4.69, 9.17) is 11.6 Å². The molecule has 1 atom stereocenters. The number of nitrogens with one attached hydrogen (secondary N) is 2. The summed E-state index contributed by atoms with van der Waals surface area (Å²) in [6.45, 7) is 2.05. The van der Waals surface area contributed by atoms with Crippen LogP contribution in [0.15, 0.2) is 84.9 Å². The van der Waals surface area contributed by atoms with Crippen LogP contribution < -0.4 is 10.6 Å². The third-order valence-corrected chi connectivity index (χ3v) is 5.55. The molecule has 0 radical (unpaired) electrons. The first-order valence-electron chi connectivity index (χ1n) is 10.2. The second-order valence-corrected chi connectivity index (χ2v) is 8.03. The Hall–Kier alpha value is -3.90. The minimum atomic E-state index is -0.258. The molecule has 5 rings (SSSR count). The van der Waals surface area contributed by atoms with Crippen LogP contribution in [0.5, 0.6) is 0 Å². The van der Waals surface area contributed by atoms with Crippen LogP contribution in [0.25, 0.3) is 5.70 Å². The lowest BCUT2D eigenvalue weighted by Gasteiger charge is -2.24. The Labute approximate surface area is 190 Å². The molecule has 0 saturated carbocycles. The summed E-state index contributed by atoms with van der Waals surface area (Å²) in [6, 6.07) is 24.7. The van der Waals surface area contributed by atoms with E-state index >= 15 is 0 Å². The number of carbonyl (C=O) groups excluding carboxylic acids is 1. The fourth-order valence-electron chi connectivity index (χ4n) is 3.61. The van der Waals surface area contributed by atoms with Crippen LogP contribution in [-0.2, 0) is 0 Å². The van der Waals surface area contributed by atoms with Gasteiger partial charge in [-0.2, -0.15) is 4.98 Å². The number of hydrogen-bond acceptors (Lipinski definition) is 4. The molecule has 0 fully saturated rings. The highest BCUT2D eigenvalue weighted by Gasteiger charge is 2.26. The molecule has 4 aromatic rings. The summed E-state index contributed by atoms with van der Waals surface area (Å²) in [6.07, 6.45) is 2.10. The molecule has 1 aliphatic rings. The van der Waals surface area contributed by atoms with Crippen molar-refractivity contribution in [2.45, 2.75) is 13.0 Å². The lowest BCUT2D eigenvalue weighted by Crippen LogP contribution is -2.20. The Balaban J connectivity index is 1.51. The molecule has 0 spiro atoms. The van der Waals surface area contributed by atoms with Gasteiger partial charge in [0.05, 0.1) is 0 Å². The van der Waals surface area contributed by atoms with Crippen molar-refractivity contribution in [3.05, 3.63) is 112 Å². The predicted octanol–water partition coefficient (Wildman–Crippen LogP) is 5.55. The lowest BCUT2D eigenvalue weighted by atomic mass is 10.0. The maximum absolute atomic E-state index is 12.6. The molecule has 0 unspecified atom stereocenters. The molecule has 32 heavy (non-hydrogen) atoms. The van der Waals surface area contributed by atoms with Gasteiger partial charge in [-0.05, 0) is 48.4 Å². The number of fused-ring (bicyclic) bond motifs is 1. The van der Waals surface area contributed by atoms with E-state index in [1.807, 2.05) is 42.5 Å². The van der Waals surface area contributed by atoms with Gasteiger partial charge in [0.2, 0.25) is 5.95 Å². The molecule has 1 amide bonds. The summed E-state index contributed by atoms with van der Waals surface area (Å²) >= 11 is 6.07. The summed E-state index contributed by atoms with van der Waals surface area (Å²) in [7, 11) is 0. The summed E-state index contributed by atoms with van der Waals surface area (Å²) < 4.78 is 1.78. The summed E-state index contributed by atoms with van der Waals surface area (Å²) in [5, 5.41) is 11.4. The van der Waals surface area contributed by atoms with Gasteiger partial charge < -0.3 is 5.32 Å². The van der Waals surface area contributed by atoms with E-state index in [2.05, 4.69) is 58.0 Å². The average Bonchev–Trinajstić information content (AvgIpc) is 3.22. The molecule has 0 bridgehead atoms. The van der Waals surface area contributed by atoms with E-state index in [0.717, 1.165) is 16.8 Å². The van der Waals surface area contributed by atoms with Gasteiger partial charge in [0.1, 0.15) is 6.04 Å². The Kier molecular flexibility index (Phi) is 5.21. The highest BCUT2D eigenvalue weighted by Crippen LogP contribution is 2.33. The number of aromatic nitrogens is 3. The van der Waals surface area contributed by atoms with E-state index in [-0.39, 0.29) is 17.9 Å². The molecule has 0 aliphatic carbocycles. The molecule has 1 aliphatic heterocycles. The number of nitrogens with zero attached hydrogens (tertiary/aromatic N) is 3. The summed E-state index contributed by atoms with van der Waals surface area (Å²) in [4.78, 5) is 17.1. The highest BCUT2D eigenvalue weighted by atomic mass is 35.5. The maximum atomic E-state index is 12.6. The second kappa shape index (κ2) is 8.32. The smallest absolute Gasteiger partial charge is 0.258 e. The van der Waals surface area contributed by atoms with Gasteiger partial charge in [-0.25, -0.2) is 4.68 Å². The van der Waals surface area contributed by atoms with Gasteiger partial charge in [0.15, 0.2) is 0 Å². The zero-order valence-corrected chi connectivity index (χ0v) is 18.0. The van der Waals surface area contributed by atoms with Gasteiger partial charge in [-0.3, -0.25) is 10.1 Å². The first kappa shape index (κ1) is 20.0. The van der Waals surface area contributed by atoms with Crippen molar-refractivity contribution in [2.24, 2.45) is 0 Å². The molecule has 0 saturated heterocycles. The quantitative estimate of drug-likeness (QED) is 0.435. The first-order valence-corrected chi connectivity index (χ1v) is 10.6. The fraction of sp³-hybridized carbons (Fsp3) is 0.0800. The number of halogens is 1. The van der Waals surface area contributed by atoms with E-state index in [1.54, 1.807) is 16.8 Å². The van der Waals surface area contributed by atoms with Crippen LogP contribution in [0.3, 0.4) is 0 Å². The van der Waals surface area contributed by atoms with Crippen molar-refractivity contribution < 1.29 is 4.79 Å². The van der Waals surface area contributed by atoms with E-state index in [9.17, 15) is 4.79 Å². The normalized spacial score (nSPS) is 14.8. The molecule has 7 heteroatoms. The van der Waals surface area contributed by atoms with Crippen LogP contribution >= 0.6 is 11.6 Å². The van der Waals surface area contributed by atoms with Crippen molar-refractivity contribution in [3.8, 4) is 0 Å². The fourth-order valence-corrected chi connectivity index (χ4v) is 3.73. The van der Waals surface area contributed by atoms with Crippen LogP contribution in [0, 0.1) is 6.92 Å². The Morgan fingerprint density at radius 1 is 1.00 bits per heavy atom. The number of amides is 1. The second-order valence-electron chi connectivity index (χ2n) is 7.59. The molecule has 3 aromatic carbocycles. The minimum Gasteiger partial charge on any atom is -0.324 e. The van der Waals surface area contributed by atoms with Crippen molar-refractivity contribution in [2.75, 3.05) is 10.6 Å². The average molecular weight is 442 g/mol. The van der Waals surface area contributed by atoms with Gasteiger partial charge in [-0.1, -0.05) is 71.8 Å². The van der Waals surface area contributed by atoms with Crippen molar-refractivity contribution in [1.82, 2.24) is 14.8 Å². The predicted molar refractivity (Wildman–Crippen MR) is 127 cm³/mol. The molecule has 2 heterocycles. The monoisotopic (exact) mass is 441 g/mol. The number of anilines is 2. The molecule has 158 valence electrons. The Morgan fingerprint density at radius 2 is 1.72 bits per heavy atom. The van der Waals surface area contributed by atoms with Crippen LogP contribution in [-0.4, -0.2) is 20.7 Å². The van der Waals surface area contributed by atoms with Crippen molar-refractivity contribution in [3.63, 3.8) is 0 Å². The number of hydrogen-bond donors (Lipinski definition) is 2. The van der Waals surface area contributed by atoms with Gasteiger partial charge in [0, 0.05) is 16.3 Å². The standard InChI is InChI=1S/C25H20ClN5O/c1-16-7-9-18(10-8-16)22-15-21(17-11-13-20(26)14-12-17)27-25-29-24(30-31(22)25)28-23(32)19-5-3-2-4-6-19/h2-15,22H,1H3,(H2,27,28,29,30,32)/t22-/m0/s1. The topological polar surface area (TPSA) is 71.8 Å². The first-order chi connectivity index (χ1) is 15.6. The van der Waals surface area contributed by atoms with E-state index < -0.39 is 0 Å².